The van der Waals surface area contributed by atoms with E-state index in [1.165, 1.54) is 31.4 Å². The van der Waals surface area contributed by atoms with Crippen molar-refractivity contribution in [2.24, 2.45) is 5.41 Å². The number of methoxy groups -OCH3 is 1. The average Bonchev–Trinajstić information content (AvgIpc) is 3.33. The van der Waals surface area contributed by atoms with E-state index < -0.39 is 32.4 Å². The van der Waals surface area contributed by atoms with Gasteiger partial charge in [-0.2, -0.15) is 0 Å². The average molecular weight is 409 g/mol. The fourth-order valence-electron chi connectivity index (χ4n) is 3.79. The zero-order valence-corrected chi connectivity index (χ0v) is 16.6. The molecule has 0 spiro atoms. The first-order valence-electron chi connectivity index (χ1n) is 8.59. The predicted octanol–water partition coefficient (Wildman–Crippen LogP) is 3.56. The van der Waals surface area contributed by atoms with Gasteiger partial charge in [-0.05, 0) is 41.8 Å². The van der Waals surface area contributed by atoms with Crippen LogP contribution in [-0.4, -0.2) is 38.5 Å². The second-order valence-corrected chi connectivity index (χ2v) is 9.28. The highest BCUT2D eigenvalue weighted by molar-refractivity contribution is 7.92. The maximum atomic E-state index is 13.2. The molecule has 2 aromatic rings. The third-order valence-electron chi connectivity index (χ3n) is 5.26. The van der Waals surface area contributed by atoms with Crippen molar-refractivity contribution in [3.05, 3.63) is 64.7 Å². The molecule has 144 valence electrons. The van der Waals surface area contributed by atoms with Gasteiger partial charge in [-0.3, -0.25) is 4.79 Å². The fraction of sp³-hybridized carbons (Fsp3) is 0.350. The standard InChI is InChI=1S/C20H21ClO5S/c1-3-13-4-6-14(7-5-13)17-18(20(17,12-26-2)19(22)23)27(24,25)16-10-8-15(21)9-11-16/h4-11,17-18H,3,12H2,1-2H3,(H,22,23)/t17-,18-,20-/m0/s1. The number of halogens is 1. The SMILES string of the molecule is CCc1ccc([C@H]2[C@H](S(=O)(=O)c3ccc(Cl)cc3)[C@@]2(COC)C(=O)O)cc1. The molecule has 0 aliphatic heterocycles. The van der Waals surface area contributed by atoms with Crippen LogP contribution < -0.4 is 0 Å². The minimum absolute atomic E-state index is 0.0614. The molecule has 0 unspecified atom stereocenters. The van der Waals surface area contributed by atoms with Gasteiger partial charge in [0.15, 0.2) is 9.84 Å². The van der Waals surface area contributed by atoms with Crippen LogP contribution in [0.1, 0.15) is 24.0 Å². The first-order valence-corrected chi connectivity index (χ1v) is 10.5. The van der Waals surface area contributed by atoms with E-state index in [0.29, 0.717) is 10.6 Å². The molecule has 1 saturated carbocycles. The van der Waals surface area contributed by atoms with Gasteiger partial charge < -0.3 is 9.84 Å². The molecule has 1 fully saturated rings. The predicted molar refractivity (Wildman–Crippen MR) is 103 cm³/mol. The molecule has 0 amide bonds. The van der Waals surface area contributed by atoms with Crippen LogP contribution in [0, 0.1) is 5.41 Å². The van der Waals surface area contributed by atoms with E-state index in [-0.39, 0.29) is 11.5 Å². The van der Waals surface area contributed by atoms with E-state index in [9.17, 15) is 18.3 Å². The Bertz CT molecular complexity index is 937. The topological polar surface area (TPSA) is 80.7 Å². The Labute approximate surface area is 163 Å². The largest absolute Gasteiger partial charge is 0.481 e. The van der Waals surface area contributed by atoms with Crippen molar-refractivity contribution in [1.82, 2.24) is 0 Å². The van der Waals surface area contributed by atoms with Crippen LogP contribution in [0.25, 0.3) is 0 Å². The van der Waals surface area contributed by atoms with Crippen molar-refractivity contribution in [2.45, 2.75) is 29.4 Å². The number of rotatable bonds is 7. The molecule has 1 aliphatic carbocycles. The zero-order valence-electron chi connectivity index (χ0n) is 15.1. The molecule has 0 aromatic heterocycles. The number of aryl methyl sites for hydroxylation is 1. The molecule has 1 aliphatic rings. The Morgan fingerprint density at radius 2 is 1.74 bits per heavy atom. The molecule has 2 aromatic carbocycles. The lowest BCUT2D eigenvalue weighted by molar-refractivity contribution is -0.145. The summed E-state index contributed by atoms with van der Waals surface area (Å²) in [6, 6.07) is 13.2. The molecule has 0 radical (unpaired) electrons. The van der Waals surface area contributed by atoms with Crippen LogP contribution in [0.15, 0.2) is 53.4 Å². The van der Waals surface area contributed by atoms with Crippen molar-refractivity contribution in [3.63, 3.8) is 0 Å². The number of benzene rings is 2. The number of sulfone groups is 1. The van der Waals surface area contributed by atoms with Gasteiger partial charge in [0.1, 0.15) is 5.41 Å². The Hall–Kier alpha value is -1.89. The zero-order chi connectivity index (χ0) is 19.8. The molecular formula is C20H21ClO5S. The van der Waals surface area contributed by atoms with Crippen molar-refractivity contribution < 1.29 is 23.1 Å². The summed E-state index contributed by atoms with van der Waals surface area (Å²) < 4.78 is 31.6. The molecule has 0 saturated heterocycles. The van der Waals surface area contributed by atoms with Crippen molar-refractivity contribution in [3.8, 4) is 0 Å². The molecule has 3 rings (SSSR count). The van der Waals surface area contributed by atoms with Gasteiger partial charge in [-0.15, -0.1) is 0 Å². The summed E-state index contributed by atoms with van der Waals surface area (Å²) in [5, 5.41) is 9.24. The lowest BCUT2D eigenvalue weighted by Crippen LogP contribution is -2.28. The van der Waals surface area contributed by atoms with Crippen LogP contribution in [0.5, 0.6) is 0 Å². The number of aliphatic carboxylic acids is 1. The maximum absolute atomic E-state index is 13.2. The van der Waals surface area contributed by atoms with E-state index >= 15 is 0 Å². The van der Waals surface area contributed by atoms with Gasteiger partial charge in [0.2, 0.25) is 0 Å². The number of carboxylic acids is 1. The van der Waals surface area contributed by atoms with Crippen LogP contribution in [-0.2, 0) is 25.8 Å². The highest BCUT2D eigenvalue weighted by Gasteiger charge is 2.76. The lowest BCUT2D eigenvalue weighted by Gasteiger charge is -2.12. The summed E-state index contributed by atoms with van der Waals surface area (Å²) in [6.45, 7) is 1.84. The number of carbonyl (C=O) groups is 1. The quantitative estimate of drug-likeness (QED) is 0.757. The summed E-state index contributed by atoms with van der Waals surface area (Å²) in [5.41, 5.74) is 0.277. The van der Waals surface area contributed by atoms with Crippen LogP contribution in [0.2, 0.25) is 5.02 Å². The Morgan fingerprint density at radius 1 is 1.15 bits per heavy atom. The summed E-state index contributed by atoms with van der Waals surface area (Å²) in [6.07, 6.45) is 0.847. The number of carboxylic acid groups (broad SMARTS) is 1. The lowest BCUT2D eigenvalue weighted by atomic mass is 9.99. The van der Waals surface area contributed by atoms with Crippen LogP contribution >= 0.6 is 11.6 Å². The van der Waals surface area contributed by atoms with E-state index in [1.807, 2.05) is 31.2 Å². The van der Waals surface area contributed by atoms with E-state index in [0.717, 1.165) is 12.0 Å². The highest BCUT2D eigenvalue weighted by Crippen LogP contribution is 2.64. The van der Waals surface area contributed by atoms with Gasteiger partial charge >= 0.3 is 5.97 Å². The second-order valence-electron chi connectivity index (χ2n) is 6.77. The maximum Gasteiger partial charge on any atom is 0.314 e. The third-order valence-corrected chi connectivity index (χ3v) is 7.80. The van der Waals surface area contributed by atoms with Crippen LogP contribution in [0.4, 0.5) is 0 Å². The molecular weight excluding hydrogens is 388 g/mol. The Morgan fingerprint density at radius 3 is 2.22 bits per heavy atom. The summed E-state index contributed by atoms with van der Waals surface area (Å²) in [5.74, 6) is -1.85. The van der Waals surface area contributed by atoms with Gasteiger partial charge in [-0.25, -0.2) is 8.42 Å². The molecule has 5 nitrogen and oxygen atoms in total. The fourth-order valence-corrected chi connectivity index (χ4v) is 6.28. The highest BCUT2D eigenvalue weighted by atomic mass is 35.5. The first kappa shape index (κ1) is 19.9. The number of ether oxygens (including phenoxy) is 1. The monoisotopic (exact) mass is 408 g/mol. The summed E-state index contributed by atoms with van der Waals surface area (Å²) in [4.78, 5) is 12.2. The van der Waals surface area contributed by atoms with Gasteiger partial charge in [0.25, 0.3) is 0 Å². The Balaban J connectivity index is 2.09. The van der Waals surface area contributed by atoms with Gasteiger partial charge in [0.05, 0.1) is 16.8 Å². The first-order chi connectivity index (χ1) is 12.8. The molecule has 1 N–H and O–H groups in total. The minimum Gasteiger partial charge on any atom is -0.481 e. The summed E-state index contributed by atoms with van der Waals surface area (Å²) >= 11 is 5.86. The number of hydrogen-bond acceptors (Lipinski definition) is 4. The molecule has 0 bridgehead atoms. The van der Waals surface area contributed by atoms with Gasteiger partial charge in [-0.1, -0.05) is 42.8 Å². The second kappa shape index (κ2) is 7.26. The molecule has 3 atom stereocenters. The molecule has 0 heterocycles. The van der Waals surface area contributed by atoms with E-state index in [1.54, 1.807) is 0 Å². The summed E-state index contributed by atoms with van der Waals surface area (Å²) in [7, 11) is -2.51. The van der Waals surface area contributed by atoms with E-state index in [2.05, 4.69) is 0 Å². The normalized spacial score (nSPS) is 24.6. The van der Waals surface area contributed by atoms with Gasteiger partial charge in [0, 0.05) is 18.1 Å². The molecule has 7 heteroatoms. The third kappa shape index (κ3) is 3.26. The van der Waals surface area contributed by atoms with Crippen LogP contribution in [0.3, 0.4) is 0 Å². The minimum atomic E-state index is -3.89. The smallest absolute Gasteiger partial charge is 0.314 e. The van der Waals surface area contributed by atoms with E-state index in [4.69, 9.17) is 16.3 Å². The van der Waals surface area contributed by atoms with Crippen molar-refractivity contribution in [1.29, 1.82) is 0 Å². The Kier molecular flexibility index (Phi) is 5.34. The van der Waals surface area contributed by atoms with Crippen molar-refractivity contribution >= 4 is 27.4 Å². The molecule has 27 heavy (non-hydrogen) atoms. The number of hydrogen-bond donors (Lipinski definition) is 1. The van der Waals surface area contributed by atoms with Crippen molar-refractivity contribution in [2.75, 3.05) is 13.7 Å².